The zero-order valence-electron chi connectivity index (χ0n) is 12.9. The predicted octanol–water partition coefficient (Wildman–Crippen LogP) is 3.54. The highest BCUT2D eigenvalue weighted by molar-refractivity contribution is 4.82. The summed E-state index contributed by atoms with van der Waals surface area (Å²) in [6.07, 6.45) is 7.29. The van der Waals surface area contributed by atoms with Crippen LogP contribution in [0, 0.1) is 17.8 Å². The normalized spacial score (nSPS) is 29.2. The maximum Gasteiger partial charge on any atom is 0.0580 e. The van der Waals surface area contributed by atoms with E-state index in [-0.39, 0.29) is 6.10 Å². The van der Waals surface area contributed by atoms with Gasteiger partial charge in [0.15, 0.2) is 0 Å². The second-order valence-corrected chi connectivity index (χ2v) is 6.61. The highest BCUT2D eigenvalue weighted by Gasteiger charge is 2.30. The van der Waals surface area contributed by atoms with E-state index in [9.17, 15) is 5.11 Å². The van der Waals surface area contributed by atoms with Crippen molar-refractivity contribution in [2.45, 2.75) is 65.4 Å². The molecule has 3 atom stereocenters. The van der Waals surface area contributed by atoms with Crippen molar-refractivity contribution >= 4 is 0 Å². The van der Waals surface area contributed by atoms with Gasteiger partial charge in [-0.05, 0) is 57.0 Å². The standard InChI is InChI=1S/C16H33NO/c1-5-6-7-10-17(4)12-15-11-14(13(2)3)8-9-16(15)18/h13-16,18H,5-12H2,1-4H3. The number of hydrogen-bond acceptors (Lipinski definition) is 2. The minimum atomic E-state index is -0.0615. The maximum atomic E-state index is 10.2. The average molecular weight is 255 g/mol. The Morgan fingerprint density at radius 2 is 1.94 bits per heavy atom. The van der Waals surface area contributed by atoms with Crippen LogP contribution in [-0.4, -0.2) is 36.2 Å². The van der Waals surface area contributed by atoms with Gasteiger partial charge in [0.1, 0.15) is 0 Å². The molecular formula is C16H33NO. The summed E-state index contributed by atoms with van der Waals surface area (Å²) in [5, 5.41) is 10.2. The van der Waals surface area contributed by atoms with Crippen LogP contribution in [0.25, 0.3) is 0 Å². The summed E-state index contributed by atoms with van der Waals surface area (Å²) in [5.74, 6) is 2.09. The van der Waals surface area contributed by atoms with E-state index in [4.69, 9.17) is 0 Å². The molecule has 0 spiro atoms. The van der Waals surface area contributed by atoms with Gasteiger partial charge in [-0.3, -0.25) is 0 Å². The molecule has 1 aliphatic rings. The number of unbranched alkanes of at least 4 members (excludes halogenated alkanes) is 2. The molecule has 0 amide bonds. The Balaban J connectivity index is 2.33. The number of hydrogen-bond donors (Lipinski definition) is 1. The first-order valence-electron chi connectivity index (χ1n) is 7.91. The molecule has 1 saturated carbocycles. The van der Waals surface area contributed by atoms with Crippen molar-refractivity contribution < 1.29 is 5.11 Å². The van der Waals surface area contributed by atoms with Crippen LogP contribution in [0.2, 0.25) is 0 Å². The largest absolute Gasteiger partial charge is 0.393 e. The fourth-order valence-corrected chi connectivity index (χ4v) is 3.21. The molecule has 0 aliphatic heterocycles. The minimum Gasteiger partial charge on any atom is -0.393 e. The fourth-order valence-electron chi connectivity index (χ4n) is 3.21. The first-order valence-corrected chi connectivity index (χ1v) is 7.91. The van der Waals surface area contributed by atoms with Gasteiger partial charge in [-0.15, -0.1) is 0 Å². The highest BCUT2D eigenvalue weighted by atomic mass is 16.3. The monoisotopic (exact) mass is 255 g/mol. The molecular weight excluding hydrogens is 222 g/mol. The Kier molecular flexibility index (Phi) is 7.25. The number of aliphatic hydroxyl groups excluding tert-OH is 1. The number of rotatable bonds is 7. The van der Waals surface area contributed by atoms with Crippen LogP contribution in [0.4, 0.5) is 0 Å². The molecule has 0 aromatic heterocycles. The quantitative estimate of drug-likeness (QED) is 0.703. The van der Waals surface area contributed by atoms with E-state index in [0.717, 1.165) is 24.8 Å². The van der Waals surface area contributed by atoms with Crippen LogP contribution in [0.3, 0.4) is 0 Å². The SMILES string of the molecule is CCCCCN(C)CC1CC(C(C)C)CCC1O. The van der Waals surface area contributed by atoms with E-state index >= 15 is 0 Å². The first-order chi connectivity index (χ1) is 8.54. The van der Waals surface area contributed by atoms with Crippen molar-refractivity contribution in [2.75, 3.05) is 20.1 Å². The molecule has 0 saturated heterocycles. The van der Waals surface area contributed by atoms with Crippen molar-refractivity contribution in [3.8, 4) is 0 Å². The summed E-state index contributed by atoms with van der Waals surface area (Å²) in [6, 6.07) is 0. The van der Waals surface area contributed by atoms with Crippen molar-refractivity contribution in [1.82, 2.24) is 4.90 Å². The van der Waals surface area contributed by atoms with E-state index in [0.29, 0.717) is 5.92 Å². The second kappa shape index (κ2) is 8.16. The fraction of sp³-hybridized carbons (Fsp3) is 1.00. The van der Waals surface area contributed by atoms with Gasteiger partial charge in [0.25, 0.3) is 0 Å². The lowest BCUT2D eigenvalue weighted by atomic mass is 9.74. The van der Waals surface area contributed by atoms with Crippen LogP contribution >= 0.6 is 0 Å². The van der Waals surface area contributed by atoms with E-state index in [1.54, 1.807) is 0 Å². The molecule has 18 heavy (non-hydrogen) atoms. The Labute approximate surface area is 114 Å². The van der Waals surface area contributed by atoms with E-state index in [1.807, 2.05) is 0 Å². The van der Waals surface area contributed by atoms with Crippen molar-refractivity contribution in [2.24, 2.45) is 17.8 Å². The lowest BCUT2D eigenvalue weighted by Gasteiger charge is -2.37. The molecule has 0 heterocycles. The molecule has 1 N–H and O–H groups in total. The van der Waals surface area contributed by atoms with Gasteiger partial charge >= 0.3 is 0 Å². The third-order valence-electron chi connectivity index (χ3n) is 4.62. The van der Waals surface area contributed by atoms with Crippen LogP contribution in [0.5, 0.6) is 0 Å². The van der Waals surface area contributed by atoms with Gasteiger partial charge in [-0.2, -0.15) is 0 Å². The van der Waals surface area contributed by atoms with Crippen LogP contribution in [-0.2, 0) is 0 Å². The molecule has 1 aliphatic carbocycles. The summed E-state index contributed by atoms with van der Waals surface area (Å²) in [6.45, 7) is 9.16. The molecule has 3 unspecified atom stereocenters. The second-order valence-electron chi connectivity index (χ2n) is 6.61. The summed E-state index contributed by atoms with van der Waals surface area (Å²) in [5.41, 5.74) is 0. The third kappa shape index (κ3) is 5.27. The van der Waals surface area contributed by atoms with Gasteiger partial charge < -0.3 is 10.0 Å². The van der Waals surface area contributed by atoms with Crippen molar-refractivity contribution in [1.29, 1.82) is 0 Å². The maximum absolute atomic E-state index is 10.2. The lowest BCUT2D eigenvalue weighted by Crippen LogP contribution is -2.38. The molecule has 108 valence electrons. The molecule has 0 bridgehead atoms. The zero-order valence-corrected chi connectivity index (χ0v) is 12.9. The summed E-state index contributed by atoms with van der Waals surface area (Å²) in [4.78, 5) is 2.42. The average Bonchev–Trinajstić information content (AvgIpc) is 2.32. The van der Waals surface area contributed by atoms with Crippen molar-refractivity contribution in [3.05, 3.63) is 0 Å². The summed E-state index contributed by atoms with van der Waals surface area (Å²) in [7, 11) is 2.21. The molecule has 1 rings (SSSR count). The highest BCUT2D eigenvalue weighted by Crippen LogP contribution is 2.34. The van der Waals surface area contributed by atoms with Gasteiger partial charge in [0.05, 0.1) is 6.10 Å². The van der Waals surface area contributed by atoms with E-state index < -0.39 is 0 Å². The Morgan fingerprint density at radius 3 is 2.56 bits per heavy atom. The topological polar surface area (TPSA) is 23.5 Å². The minimum absolute atomic E-state index is 0.0615. The smallest absolute Gasteiger partial charge is 0.0580 e. The molecule has 1 fully saturated rings. The Bertz CT molecular complexity index is 217. The van der Waals surface area contributed by atoms with Crippen LogP contribution in [0.1, 0.15) is 59.3 Å². The first kappa shape index (κ1) is 16.0. The zero-order chi connectivity index (χ0) is 13.5. The molecule has 0 aromatic carbocycles. The summed E-state index contributed by atoms with van der Waals surface area (Å²) < 4.78 is 0. The van der Waals surface area contributed by atoms with Gasteiger partial charge in [0.2, 0.25) is 0 Å². The van der Waals surface area contributed by atoms with Gasteiger partial charge in [-0.1, -0.05) is 33.6 Å². The van der Waals surface area contributed by atoms with Gasteiger partial charge in [-0.25, -0.2) is 0 Å². The Morgan fingerprint density at radius 1 is 1.22 bits per heavy atom. The van der Waals surface area contributed by atoms with Crippen LogP contribution < -0.4 is 0 Å². The summed E-state index contributed by atoms with van der Waals surface area (Å²) >= 11 is 0. The number of aliphatic hydroxyl groups is 1. The number of nitrogens with zero attached hydrogens (tertiary/aromatic N) is 1. The molecule has 0 radical (unpaired) electrons. The Hall–Kier alpha value is -0.0800. The van der Waals surface area contributed by atoms with E-state index in [1.165, 1.54) is 38.6 Å². The molecule has 2 nitrogen and oxygen atoms in total. The van der Waals surface area contributed by atoms with Crippen molar-refractivity contribution in [3.63, 3.8) is 0 Å². The molecule has 0 aromatic rings. The third-order valence-corrected chi connectivity index (χ3v) is 4.62. The van der Waals surface area contributed by atoms with E-state index in [2.05, 4.69) is 32.7 Å². The molecule has 2 heteroatoms. The van der Waals surface area contributed by atoms with Gasteiger partial charge in [0, 0.05) is 6.54 Å². The van der Waals surface area contributed by atoms with Crippen LogP contribution in [0.15, 0.2) is 0 Å². The lowest BCUT2D eigenvalue weighted by molar-refractivity contribution is 0.0223. The predicted molar refractivity (Wildman–Crippen MR) is 78.7 cm³/mol.